The highest BCUT2D eigenvalue weighted by atomic mass is 32.1. The molecule has 0 amide bonds. The molecule has 0 aliphatic heterocycles. The van der Waals surface area contributed by atoms with Crippen LogP contribution in [0.2, 0.25) is 0 Å². The van der Waals surface area contributed by atoms with Gasteiger partial charge in [-0.2, -0.15) is 0 Å². The lowest BCUT2D eigenvalue weighted by atomic mass is 9.98. The number of nitrogens with zero attached hydrogens (tertiary/aromatic N) is 4. The SMILES string of the molecule is c1ccc(-c2cc(-c3nc(-c4ccccc4)nc(-c4ccccn4)n3)c3c(c2)sc2ccccc23)cc1. The molecule has 7 rings (SSSR count). The van der Waals surface area contributed by atoms with Crippen LogP contribution in [0.4, 0.5) is 0 Å². The molecule has 0 saturated heterocycles. The highest BCUT2D eigenvalue weighted by Gasteiger charge is 2.18. The van der Waals surface area contributed by atoms with Crippen LogP contribution in [-0.2, 0) is 0 Å². The van der Waals surface area contributed by atoms with E-state index in [1.54, 1.807) is 17.5 Å². The van der Waals surface area contributed by atoms with E-state index in [4.69, 9.17) is 15.0 Å². The first-order valence-corrected chi connectivity index (χ1v) is 12.9. The Kier molecular flexibility index (Phi) is 5.26. The van der Waals surface area contributed by atoms with Gasteiger partial charge in [-0.1, -0.05) is 84.9 Å². The molecule has 0 N–H and O–H groups in total. The molecule has 7 aromatic rings. The summed E-state index contributed by atoms with van der Waals surface area (Å²) in [6.07, 6.45) is 1.77. The van der Waals surface area contributed by atoms with Crippen LogP contribution in [0, 0.1) is 0 Å². The van der Waals surface area contributed by atoms with Crippen molar-refractivity contribution in [2.24, 2.45) is 0 Å². The van der Waals surface area contributed by atoms with Gasteiger partial charge in [0, 0.05) is 37.5 Å². The topological polar surface area (TPSA) is 51.6 Å². The van der Waals surface area contributed by atoms with Gasteiger partial charge in [-0.25, -0.2) is 15.0 Å². The molecule has 3 aromatic heterocycles. The predicted octanol–water partition coefficient (Wildman–Crippen LogP) is 8.30. The second-order valence-electron chi connectivity index (χ2n) is 8.75. The minimum Gasteiger partial charge on any atom is -0.253 e. The summed E-state index contributed by atoms with van der Waals surface area (Å²) in [5.41, 5.74) is 4.94. The van der Waals surface area contributed by atoms with Gasteiger partial charge < -0.3 is 0 Å². The molecule has 0 saturated carbocycles. The van der Waals surface area contributed by atoms with E-state index in [1.165, 1.54) is 14.8 Å². The summed E-state index contributed by atoms with van der Waals surface area (Å²) < 4.78 is 2.45. The molecule has 0 aliphatic rings. The molecule has 174 valence electrons. The van der Waals surface area contributed by atoms with Gasteiger partial charge >= 0.3 is 0 Å². The van der Waals surface area contributed by atoms with Crippen molar-refractivity contribution in [2.45, 2.75) is 0 Å². The third-order valence-corrected chi connectivity index (χ3v) is 7.51. The van der Waals surface area contributed by atoms with Gasteiger partial charge in [0.2, 0.25) is 0 Å². The fraction of sp³-hybridized carbons (Fsp3) is 0. The minimum atomic E-state index is 0.558. The summed E-state index contributed by atoms with van der Waals surface area (Å²) in [5, 5.41) is 2.37. The normalized spacial score (nSPS) is 11.2. The Morgan fingerprint density at radius 2 is 1.16 bits per heavy atom. The van der Waals surface area contributed by atoms with Crippen LogP contribution >= 0.6 is 11.3 Å². The summed E-state index contributed by atoms with van der Waals surface area (Å²) >= 11 is 1.80. The fourth-order valence-electron chi connectivity index (χ4n) is 4.65. The Hall–Kier alpha value is -4.74. The first-order valence-electron chi connectivity index (χ1n) is 12.1. The van der Waals surface area contributed by atoms with Crippen molar-refractivity contribution in [3.63, 3.8) is 0 Å². The van der Waals surface area contributed by atoms with Crippen LogP contribution < -0.4 is 0 Å². The lowest BCUT2D eigenvalue weighted by Crippen LogP contribution is -2.01. The summed E-state index contributed by atoms with van der Waals surface area (Å²) in [7, 11) is 0. The Balaban J connectivity index is 1.56. The van der Waals surface area contributed by atoms with Crippen LogP contribution in [0.15, 0.2) is 121 Å². The number of benzene rings is 4. The predicted molar refractivity (Wildman–Crippen MR) is 152 cm³/mol. The number of thiophene rings is 1. The zero-order valence-corrected chi connectivity index (χ0v) is 20.6. The van der Waals surface area contributed by atoms with E-state index in [9.17, 15) is 0 Å². The van der Waals surface area contributed by atoms with Gasteiger partial charge in [-0.15, -0.1) is 11.3 Å². The van der Waals surface area contributed by atoms with Crippen LogP contribution in [0.5, 0.6) is 0 Å². The van der Waals surface area contributed by atoms with Crippen molar-refractivity contribution in [1.82, 2.24) is 19.9 Å². The van der Waals surface area contributed by atoms with E-state index in [1.807, 2.05) is 54.6 Å². The maximum Gasteiger partial charge on any atom is 0.182 e. The van der Waals surface area contributed by atoms with Gasteiger partial charge in [0.1, 0.15) is 5.69 Å². The zero-order chi connectivity index (χ0) is 24.6. The molecule has 0 unspecified atom stereocenters. The Morgan fingerprint density at radius 1 is 0.486 bits per heavy atom. The van der Waals surface area contributed by atoms with Crippen molar-refractivity contribution >= 4 is 31.5 Å². The molecule has 4 nitrogen and oxygen atoms in total. The van der Waals surface area contributed by atoms with E-state index in [0.29, 0.717) is 23.2 Å². The lowest BCUT2D eigenvalue weighted by Gasteiger charge is -2.11. The molecule has 0 fully saturated rings. The zero-order valence-electron chi connectivity index (χ0n) is 19.7. The highest BCUT2D eigenvalue weighted by molar-refractivity contribution is 7.26. The first-order chi connectivity index (χ1) is 18.3. The van der Waals surface area contributed by atoms with Crippen LogP contribution in [-0.4, -0.2) is 19.9 Å². The van der Waals surface area contributed by atoms with Crippen LogP contribution in [0.25, 0.3) is 65.6 Å². The van der Waals surface area contributed by atoms with E-state index in [-0.39, 0.29) is 0 Å². The van der Waals surface area contributed by atoms with Gasteiger partial charge in [0.25, 0.3) is 0 Å². The number of hydrogen-bond donors (Lipinski definition) is 0. The second kappa shape index (κ2) is 9.04. The molecule has 5 heteroatoms. The van der Waals surface area contributed by atoms with Gasteiger partial charge in [0.05, 0.1) is 0 Å². The van der Waals surface area contributed by atoms with Crippen LogP contribution in [0.1, 0.15) is 0 Å². The molecule has 0 atom stereocenters. The van der Waals surface area contributed by atoms with Gasteiger partial charge in [-0.05, 0) is 41.5 Å². The molecular weight excluding hydrogens is 472 g/mol. The third kappa shape index (κ3) is 3.96. The molecule has 0 radical (unpaired) electrons. The van der Waals surface area contributed by atoms with Crippen LogP contribution in [0.3, 0.4) is 0 Å². The standard InChI is InChI=1S/C32H20N4S/c1-3-11-21(12-4-1)23-19-25(29-24-15-7-8-17-27(24)37-28(29)20-23)31-34-30(22-13-5-2-6-14-22)35-32(36-31)26-16-9-10-18-33-26/h1-20H. The van der Waals surface area contributed by atoms with E-state index in [2.05, 4.69) is 65.6 Å². The van der Waals surface area contributed by atoms with Gasteiger partial charge in [0.15, 0.2) is 17.5 Å². The lowest BCUT2D eigenvalue weighted by molar-refractivity contribution is 1.06. The van der Waals surface area contributed by atoms with Gasteiger partial charge in [-0.3, -0.25) is 4.98 Å². The summed E-state index contributed by atoms with van der Waals surface area (Å²) in [6.45, 7) is 0. The van der Waals surface area contributed by atoms with Crippen molar-refractivity contribution in [3.05, 3.63) is 121 Å². The molecule has 3 heterocycles. The number of aromatic nitrogens is 4. The Bertz CT molecular complexity index is 1810. The number of pyridine rings is 1. The van der Waals surface area contributed by atoms with Crippen molar-refractivity contribution in [1.29, 1.82) is 0 Å². The highest BCUT2D eigenvalue weighted by Crippen LogP contribution is 2.42. The average Bonchev–Trinajstić information content (AvgIpc) is 3.36. The van der Waals surface area contributed by atoms with E-state index in [0.717, 1.165) is 27.6 Å². The number of rotatable bonds is 4. The molecule has 0 spiro atoms. The van der Waals surface area contributed by atoms with Crippen molar-refractivity contribution < 1.29 is 0 Å². The Morgan fingerprint density at radius 3 is 1.95 bits per heavy atom. The molecule has 37 heavy (non-hydrogen) atoms. The second-order valence-corrected chi connectivity index (χ2v) is 9.83. The van der Waals surface area contributed by atoms with E-state index < -0.39 is 0 Å². The fourth-order valence-corrected chi connectivity index (χ4v) is 5.82. The smallest absolute Gasteiger partial charge is 0.182 e. The largest absolute Gasteiger partial charge is 0.253 e. The maximum atomic E-state index is 5.03. The molecule has 0 aliphatic carbocycles. The monoisotopic (exact) mass is 492 g/mol. The average molecular weight is 493 g/mol. The number of fused-ring (bicyclic) bond motifs is 3. The Labute approximate surface area is 218 Å². The van der Waals surface area contributed by atoms with E-state index >= 15 is 0 Å². The summed E-state index contributed by atoms with van der Waals surface area (Å²) in [5.74, 6) is 1.83. The minimum absolute atomic E-state index is 0.558. The summed E-state index contributed by atoms with van der Waals surface area (Å²) in [6, 6.07) is 39.3. The summed E-state index contributed by atoms with van der Waals surface area (Å²) in [4.78, 5) is 19.4. The van der Waals surface area contributed by atoms with Crippen molar-refractivity contribution in [3.8, 4) is 45.4 Å². The molecular formula is C32H20N4S. The first kappa shape index (κ1) is 21.5. The maximum absolute atomic E-state index is 5.03. The quantitative estimate of drug-likeness (QED) is 0.248. The number of hydrogen-bond acceptors (Lipinski definition) is 5. The van der Waals surface area contributed by atoms with Crippen molar-refractivity contribution in [2.75, 3.05) is 0 Å². The third-order valence-electron chi connectivity index (χ3n) is 6.39. The molecule has 4 aromatic carbocycles. The molecule has 0 bridgehead atoms.